The number of nitrogens with zero attached hydrogens (tertiary/aromatic N) is 1. The van der Waals surface area contributed by atoms with Gasteiger partial charge in [0.25, 0.3) is 0 Å². The van der Waals surface area contributed by atoms with Crippen molar-refractivity contribution in [3.05, 3.63) is 63.6 Å². The third-order valence-electron chi connectivity index (χ3n) is 3.96. The molecule has 0 aliphatic carbocycles. The summed E-state index contributed by atoms with van der Waals surface area (Å²) in [6, 6.07) is 14.8. The fourth-order valence-electron chi connectivity index (χ4n) is 2.81. The monoisotopic (exact) mass is 331 g/mol. The molecule has 0 bridgehead atoms. The van der Waals surface area contributed by atoms with Crippen molar-refractivity contribution in [1.82, 2.24) is 0 Å². The SMILES string of the molecule is OCc1ccc(N2CCc3ccccc3CC2)c(Br)c1. The molecule has 1 aliphatic heterocycles. The largest absolute Gasteiger partial charge is 0.392 e. The topological polar surface area (TPSA) is 23.5 Å². The molecule has 0 amide bonds. The number of benzene rings is 2. The van der Waals surface area contributed by atoms with Gasteiger partial charge in [0.05, 0.1) is 12.3 Å². The number of fused-ring (bicyclic) bond motifs is 1. The maximum Gasteiger partial charge on any atom is 0.0682 e. The van der Waals surface area contributed by atoms with Crippen LogP contribution in [-0.4, -0.2) is 18.2 Å². The molecule has 3 rings (SSSR count). The van der Waals surface area contributed by atoms with Crippen LogP contribution in [0.25, 0.3) is 0 Å². The van der Waals surface area contributed by atoms with Crippen LogP contribution in [0.1, 0.15) is 16.7 Å². The number of hydrogen-bond donors (Lipinski definition) is 1. The smallest absolute Gasteiger partial charge is 0.0682 e. The molecule has 20 heavy (non-hydrogen) atoms. The molecule has 104 valence electrons. The second-order valence-electron chi connectivity index (χ2n) is 5.20. The van der Waals surface area contributed by atoms with Gasteiger partial charge in [-0.3, -0.25) is 0 Å². The summed E-state index contributed by atoms with van der Waals surface area (Å²) in [6.07, 6.45) is 2.18. The molecule has 1 aliphatic rings. The van der Waals surface area contributed by atoms with Crippen molar-refractivity contribution < 1.29 is 5.11 Å². The summed E-state index contributed by atoms with van der Waals surface area (Å²) < 4.78 is 1.06. The van der Waals surface area contributed by atoms with Crippen LogP contribution in [0.5, 0.6) is 0 Å². The van der Waals surface area contributed by atoms with Gasteiger partial charge in [0.2, 0.25) is 0 Å². The lowest BCUT2D eigenvalue weighted by Gasteiger charge is -2.24. The van der Waals surface area contributed by atoms with Crippen LogP contribution < -0.4 is 4.90 Å². The standard InChI is InChI=1S/C17H18BrNO/c18-16-11-13(12-20)5-6-17(16)19-9-7-14-3-1-2-4-15(14)8-10-19/h1-6,11,20H,7-10,12H2. The summed E-state index contributed by atoms with van der Waals surface area (Å²) >= 11 is 3.63. The average molecular weight is 332 g/mol. The maximum atomic E-state index is 9.19. The third-order valence-corrected chi connectivity index (χ3v) is 4.59. The molecule has 2 nitrogen and oxygen atoms in total. The molecule has 0 unspecified atom stereocenters. The number of hydrogen-bond acceptors (Lipinski definition) is 2. The Kier molecular flexibility index (Phi) is 4.08. The highest BCUT2D eigenvalue weighted by atomic mass is 79.9. The van der Waals surface area contributed by atoms with Crippen molar-refractivity contribution in [3.8, 4) is 0 Å². The summed E-state index contributed by atoms with van der Waals surface area (Å²) in [4.78, 5) is 2.42. The molecule has 1 N–H and O–H groups in total. The van der Waals surface area contributed by atoms with E-state index in [1.807, 2.05) is 12.1 Å². The third kappa shape index (κ3) is 2.74. The van der Waals surface area contributed by atoms with Crippen LogP contribution >= 0.6 is 15.9 Å². The van der Waals surface area contributed by atoms with Gasteiger partial charge in [-0.2, -0.15) is 0 Å². The van der Waals surface area contributed by atoms with E-state index in [0.717, 1.165) is 36.0 Å². The van der Waals surface area contributed by atoms with Crippen LogP contribution in [0.15, 0.2) is 46.9 Å². The maximum absolute atomic E-state index is 9.19. The zero-order chi connectivity index (χ0) is 13.9. The van der Waals surface area contributed by atoms with E-state index in [9.17, 15) is 5.11 Å². The minimum atomic E-state index is 0.0876. The predicted octanol–water partition coefficient (Wildman–Crippen LogP) is 3.55. The Morgan fingerprint density at radius 3 is 2.20 bits per heavy atom. The molecular weight excluding hydrogens is 314 g/mol. The Balaban J connectivity index is 1.83. The lowest BCUT2D eigenvalue weighted by atomic mass is 10.0. The zero-order valence-corrected chi connectivity index (χ0v) is 12.9. The van der Waals surface area contributed by atoms with E-state index in [2.05, 4.69) is 51.2 Å². The normalized spacial score (nSPS) is 14.8. The lowest BCUT2D eigenvalue weighted by Crippen LogP contribution is -2.26. The van der Waals surface area contributed by atoms with Crippen molar-refractivity contribution in [2.45, 2.75) is 19.4 Å². The Labute approximate surface area is 128 Å². The van der Waals surface area contributed by atoms with Gasteiger partial charge in [-0.05, 0) is 57.6 Å². The van der Waals surface area contributed by atoms with Crippen LogP contribution in [0.3, 0.4) is 0 Å². The molecular formula is C17H18BrNO. The molecule has 2 aromatic carbocycles. The molecule has 0 radical (unpaired) electrons. The molecule has 0 atom stereocenters. The zero-order valence-electron chi connectivity index (χ0n) is 11.3. The van der Waals surface area contributed by atoms with Gasteiger partial charge in [0.15, 0.2) is 0 Å². The first-order valence-electron chi connectivity index (χ1n) is 6.99. The van der Waals surface area contributed by atoms with Gasteiger partial charge in [-0.1, -0.05) is 30.3 Å². The van der Waals surface area contributed by atoms with E-state index in [1.54, 1.807) is 0 Å². The van der Waals surface area contributed by atoms with Crippen molar-refractivity contribution in [1.29, 1.82) is 0 Å². The van der Waals surface area contributed by atoms with Crippen LogP contribution in [0, 0.1) is 0 Å². The van der Waals surface area contributed by atoms with Gasteiger partial charge in [-0.15, -0.1) is 0 Å². The summed E-state index contributed by atoms with van der Waals surface area (Å²) in [6.45, 7) is 2.16. The fraction of sp³-hybridized carbons (Fsp3) is 0.294. The molecule has 0 saturated carbocycles. The average Bonchev–Trinajstić information content (AvgIpc) is 2.70. The second-order valence-corrected chi connectivity index (χ2v) is 6.05. The summed E-state index contributed by atoms with van der Waals surface area (Å²) in [7, 11) is 0. The number of halogens is 1. The van der Waals surface area contributed by atoms with Crippen molar-refractivity contribution in [2.75, 3.05) is 18.0 Å². The first kappa shape index (κ1) is 13.7. The van der Waals surface area contributed by atoms with Gasteiger partial charge >= 0.3 is 0 Å². The van der Waals surface area contributed by atoms with Gasteiger partial charge < -0.3 is 10.0 Å². The van der Waals surface area contributed by atoms with E-state index >= 15 is 0 Å². The highest BCUT2D eigenvalue weighted by Crippen LogP contribution is 2.29. The predicted molar refractivity (Wildman–Crippen MR) is 86.1 cm³/mol. The Morgan fingerprint density at radius 1 is 1.00 bits per heavy atom. The van der Waals surface area contributed by atoms with E-state index < -0.39 is 0 Å². The van der Waals surface area contributed by atoms with Crippen molar-refractivity contribution in [2.24, 2.45) is 0 Å². The molecule has 1 heterocycles. The van der Waals surface area contributed by atoms with Crippen LogP contribution in [0.4, 0.5) is 5.69 Å². The first-order chi connectivity index (χ1) is 9.78. The molecule has 0 fully saturated rings. The number of aliphatic hydroxyl groups excluding tert-OH is 1. The Morgan fingerprint density at radius 2 is 1.65 bits per heavy atom. The molecule has 0 aromatic heterocycles. The number of anilines is 1. The summed E-state index contributed by atoms with van der Waals surface area (Å²) in [5.41, 5.74) is 5.10. The fourth-order valence-corrected chi connectivity index (χ4v) is 3.49. The van der Waals surface area contributed by atoms with E-state index in [4.69, 9.17) is 0 Å². The molecule has 0 saturated heterocycles. The highest BCUT2D eigenvalue weighted by molar-refractivity contribution is 9.10. The van der Waals surface area contributed by atoms with Gasteiger partial charge in [-0.25, -0.2) is 0 Å². The van der Waals surface area contributed by atoms with Gasteiger partial charge in [0, 0.05) is 17.6 Å². The number of aliphatic hydroxyl groups is 1. The second kappa shape index (κ2) is 5.98. The lowest BCUT2D eigenvalue weighted by molar-refractivity contribution is 0.282. The molecule has 3 heteroatoms. The van der Waals surface area contributed by atoms with Crippen molar-refractivity contribution in [3.63, 3.8) is 0 Å². The first-order valence-corrected chi connectivity index (χ1v) is 7.78. The van der Waals surface area contributed by atoms with E-state index in [0.29, 0.717) is 0 Å². The van der Waals surface area contributed by atoms with Crippen LogP contribution in [-0.2, 0) is 19.4 Å². The van der Waals surface area contributed by atoms with Gasteiger partial charge in [0.1, 0.15) is 0 Å². The van der Waals surface area contributed by atoms with Crippen LogP contribution in [0.2, 0.25) is 0 Å². The van der Waals surface area contributed by atoms with E-state index in [1.165, 1.54) is 16.8 Å². The van der Waals surface area contributed by atoms with Crippen molar-refractivity contribution >= 4 is 21.6 Å². The Bertz CT molecular complexity index is 585. The quantitative estimate of drug-likeness (QED) is 0.909. The Hall–Kier alpha value is -1.32. The van der Waals surface area contributed by atoms with E-state index in [-0.39, 0.29) is 6.61 Å². The molecule has 2 aromatic rings. The minimum absolute atomic E-state index is 0.0876. The minimum Gasteiger partial charge on any atom is -0.392 e. The summed E-state index contributed by atoms with van der Waals surface area (Å²) in [5, 5.41) is 9.19. The molecule has 0 spiro atoms. The highest BCUT2D eigenvalue weighted by Gasteiger charge is 2.15. The number of rotatable bonds is 2. The summed E-state index contributed by atoms with van der Waals surface area (Å²) in [5.74, 6) is 0.